The predicted molar refractivity (Wildman–Crippen MR) is 73.8 cm³/mol. The molecule has 1 aliphatic rings. The number of methoxy groups -OCH3 is 1. The Labute approximate surface area is 114 Å². The zero-order valence-corrected chi connectivity index (χ0v) is 12.0. The smallest absolute Gasteiger partial charge is 0.240 e. The average Bonchev–Trinajstić information content (AvgIpc) is 2.41. The number of nitrogens with one attached hydrogen (secondary N) is 2. The molecule has 2 N–H and O–H groups in total. The molecule has 5 nitrogen and oxygen atoms in total. The second-order valence-corrected chi connectivity index (χ2v) is 6.50. The van der Waals surface area contributed by atoms with E-state index in [9.17, 15) is 8.42 Å². The van der Waals surface area contributed by atoms with Crippen molar-refractivity contribution in [2.45, 2.75) is 36.7 Å². The lowest BCUT2D eigenvalue weighted by Crippen LogP contribution is -2.51. The summed E-state index contributed by atoms with van der Waals surface area (Å²) in [6, 6.07) is 6.51. The van der Waals surface area contributed by atoms with Gasteiger partial charge in [0.05, 0.1) is 12.0 Å². The number of benzene rings is 1. The Morgan fingerprint density at radius 3 is 2.58 bits per heavy atom. The molecule has 0 spiro atoms. The van der Waals surface area contributed by atoms with Crippen LogP contribution in [0.15, 0.2) is 29.2 Å². The molecule has 0 unspecified atom stereocenters. The van der Waals surface area contributed by atoms with Gasteiger partial charge in [-0.1, -0.05) is 0 Å². The fourth-order valence-corrected chi connectivity index (χ4v) is 3.58. The molecule has 6 heteroatoms. The van der Waals surface area contributed by atoms with Crippen molar-refractivity contribution in [2.24, 2.45) is 0 Å². The van der Waals surface area contributed by atoms with E-state index in [0.717, 1.165) is 19.4 Å². The summed E-state index contributed by atoms with van der Waals surface area (Å²) in [6.07, 6.45) is 1.85. The molecule has 1 aromatic carbocycles. The van der Waals surface area contributed by atoms with Gasteiger partial charge in [-0.15, -0.1) is 0 Å². The van der Waals surface area contributed by atoms with Gasteiger partial charge in [0.1, 0.15) is 5.75 Å². The monoisotopic (exact) mass is 284 g/mol. The molecule has 0 aromatic heterocycles. The van der Waals surface area contributed by atoms with Crippen LogP contribution < -0.4 is 14.8 Å². The molecule has 19 heavy (non-hydrogen) atoms. The van der Waals surface area contributed by atoms with Crippen molar-refractivity contribution >= 4 is 10.0 Å². The highest BCUT2D eigenvalue weighted by molar-refractivity contribution is 7.89. The van der Waals surface area contributed by atoms with E-state index < -0.39 is 10.0 Å². The number of ether oxygens (including phenoxy) is 1. The van der Waals surface area contributed by atoms with E-state index in [0.29, 0.717) is 5.75 Å². The number of hydrogen-bond donors (Lipinski definition) is 2. The van der Waals surface area contributed by atoms with E-state index in [2.05, 4.69) is 10.0 Å². The van der Waals surface area contributed by atoms with Gasteiger partial charge in [-0.25, -0.2) is 13.1 Å². The van der Waals surface area contributed by atoms with Crippen molar-refractivity contribution in [3.05, 3.63) is 24.3 Å². The van der Waals surface area contributed by atoms with Gasteiger partial charge in [0.2, 0.25) is 10.0 Å². The molecule has 1 aromatic rings. The van der Waals surface area contributed by atoms with Gasteiger partial charge in [0.15, 0.2) is 0 Å². The van der Waals surface area contributed by atoms with Crippen molar-refractivity contribution < 1.29 is 13.2 Å². The summed E-state index contributed by atoms with van der Waals surface area (Å²) < 4.78 is 32.3. The number of rotatable bonds is 4. The summed E-state index contributed by atoms with van der Waals surface area (Å²) in [7, 11) is -1.91. The summed E-state index contributed by atoms with van der Waals surface area (Å²) >= 11 is 0. The zero-order chi connectivity index (χ0) is 13.9. The second kappa shape index (κ2) is 5.90. The van der Waals surface area contributed by atoms with Crippen LogP contribution in [-0.4, -0.2) is 34.2 Å². The Balaban J connectivity index is 2.12. The van der Waals surface area contributed by atoms with Crippen molar-refractivity contribution in [3.8, 4) is 5.75 Å². The molecule has 1 heterocycles. The van der Waals surface area contributed by atoms with E-state index in [4.69, 9.17) is 4.74 Å². The van der Waals surface area contributed by atoms with Crippen LogP contribution in [0.1, 0.15) is 19.8 Å². The minimum atomic E-state index is -3.46. The second-order valence-electron chi connectivity index (χ2n) is 4.79. The maximum absolute atomic E-state index is 12.3. The van der Waals surface area contributed by atoms with Crippen LogP contribution in [0.2, 0.25) is 0 Å². The largest absolute Gasteiger partial charge is 0.497 e. The van der Waals surface area contributed by atoms with Gasteiger partial charge in [-0.2, -0.15) is 0 Å². The Bertz CT molecular complexity index is 513. The first kappa shape index (κ1) is 14.3. The topological polar surface area (TPSA) is 67.4 Å². The quantitative estimate of drug-likeness (QED) is 0.869. The maximum Gasteiger partial charge on any atom is 0.240 e. The van der Waals surface area contributed by atoms with Gasteiger partial charge < -0.3 is 10.1 Å². The number of piperidine rings is 1. The third-order valence-electron chi connectivity index (χ3n) is 3.44. The Morgan fingerprint density at radius 2 is 2.00 bits per heavy atom. The van der Waals surface area contributed by atoms with Crippen molar-refractivity contribution in [3.63, 3.8) is 0 Å². The molecule has 2 atom stereocenters. The summed E-state index contributed by atoms with van der Waals surface area (Å²) in [5.74, 6) is 0.645. The summed E-state index contributed by atoms with van der Waals surface area (Å²) in [6.45, 7) is 2.95. The summed E-state index contributed by atoms with van der Waals surface area (Å²) in [5.41, 5.74) is 0. The van der Waals surface area contributed by atoms with E-state index in [1.807, 2.05) is 6.92 Å². The molecule has 1 saturated heterocycles. The molecule has 0 aliphatic carbocycles. The highest BCUT2D eigenvalue weighted by atomic mass is 32.2. The highest BCUT2D eigenvalue weighted by Gasteiger charge is 2.26. The van der Waals surface area contributed by atoms with Gasteiger partial charge in [0, 0.05) is 12.1 Å². The van der Waals surface area contributed by atoms with Crippen LogP contribution in [0, 0.1) is 0 Å². The molecular weight excluding hydrogens is 264 g/mol. The molecule has 0 amide bonds. The maximum atomic E-state index is 12.3. The number of sulfonamides is 1. The Hall–Kier alpha value is -1.11. The first-order valence-corrected chi connectivity index (χ1v) is 7.91. The molecular formula is C13H20N2O3S. The third kappa shape index (κ3) is 3.46. The van der Waals surface area contributed by atoms with E-state index in [1.165, 1.54) is 0 Å². The first-order chi connectivity index (χ1) is 9.03. The van der Waals surface area contributed by atoms with Gasteiger partial charge in [-0.3, -0.25) is 0 Å². The lowest BCUT2D eigenvalue weighted by atomic mass is 10.0. The predicted octanol–water partition coefficient (Wildman–Crippen LogP) is 1.11. The van der Waals surface area contributed by atoms with Crippen molar-refractivity contribution in [1.82, 2.24) is 10.0 Å². The van der Waals surface area contributed by atoms with E-state index in [-0.39, 0.29) is 17.0 Å². The molecule has 0 radical (unpaired) electrons. The average molecular weight is 284 g/mol. The highest BCUT2D eigenvalue weighted by Crippen LogP contribution is 2.17. The van der Waals surface area contributed by atoms with E-state index >= 15 is 0 Å². The SMILES string of the molecule is COc1ccc(S(=O)(=O)N[C@@H]2CCCN[C@@H]2C)cc1. The van der Waals surface area contributed by atoms with Crippen LogP contribution in [0.3, 0.4) is 0 Å². The van der Waals surface area contributed by atoms with Crippen LogP contribution in [-0.2, 0) is 10.0 Å². The Kier molecular flexibility index (Phi) is 4.44. The van der Waals surface area contributed by atoms with Gasteiger partial charge >= 0.3 is 0 Å². The van der Waals surface area contributed by atoms with Gasteiger partial charge in [0.25, 0.3) is 0 Å². The minimum Gasteiger partial charge on any atom is -0.497 e. The van der Waals surface area contributed by atoms with Crippen molar-refractivity contribution in [2.75, 3.05) is 13.7 Å². The molecule has 0 bridgehead atoms. The molecule has 1 fully saturated rings. The lowest BCUT2D eigenvalue weighted by Gasteiger charge is -2.30. The van der Waals surface area contributed by atoms with Crippen LogP contribution in [0.5, 0.6) is 5.75 Å². The zero-order valence-electron chi connectivity index (χ0n) is 11.2. The standard InChI is InChI=1S/C13H20N2O3S/c1-10-13(4-3-9-14-10)15-19(16,17)12-7-5-11(18-2)6-8-12/h5-8,10,13-15H,3-4,9H2,1-2H3/t10-,13-/m1/s1. The number of hydrogen-bond acceptors (Lipinski definition) is 4. The fraction of sp³-hybridized carbons (Fsp3) is 0.538. The van der Waals surface area contributed by atoms with Crippen LogP contribution >= 0.6 is 0 Å². The van der Waals surface area contributed by atoms with Crippen LogP contribution in [0.4, 0.5) is 0 Å². The lowest BCUT2D eigenvalue weighted by molar-refractivity contribution is 0.349. The molecule has 2 rings (SSSR count). The minimum absolute atomic E-state index is 0.0548. The third-order valence-corrected chi connectivity index (χ3v) is 4.94. The van der Waals surface area contributed by atoms with Gasteiger partial charge in [-0.05, 0) is 50.6 Å². The summed E-state index contributed by atoms with van der Waals surface area (Å²) in [4.78, 5) is 0.270. The normalized spacial score (nSPS) is 24.1. The van der Waals surface area contributed by atoms with Crippen LogP contribution in [0.25, 0.3) is 0 Å². The molecule has 1 aliphatic heterocycles. The molecule has 0 saturated carbocycles. The molecule has 106 valence electrons. The fourth-order valence-electron chi connectivity index (χ4n) is 2.23. The summed E-state index contributed by atoms with van der Waals surface area (Å²) in [5, 5.41) is 3.28. The van der Waals surface area contributed by atoms with Crippen molar-refractivity contribution in [1.29, 1.82) is 0 Å². The Morgan fingerprint density at radius 1 is 1.32 bits per heavy atom. The first-order valence-electron chi connectivity index (χ1n) is 6.43. The van der Waals surface area contributed by atoms with E-state index in [1.54, 1.807) is 31.4 Å².